The molecule has 1 saturated carbocycles. The van der Waals surface area contributed by atoms with Crippen LogP contribution in [0.2, 0.25) is 5.02 Å². The van der Waals surface area contributed by atoms with Crippen molar-refractivity contribution in [3.8, 4) is 0 Å². The summed E-state index contributed by atoms with van der Waals surface area (Å²) in [6, 6.07) is 6.93. The summed E-state index contributed by atoms with van der Waals surface area (Å²) in [4.78, 5) is 13.8. The number of hydrogen-bond acceptors (Lipinski definition) is 2. The Kier molecular flexibility index (Phi) is 2.42. The Labute approximate surface area is 105 Å². The summed E-state index contributed by atoms with van der Waals surface area (Å²) in [5, 5.41) is 10.7. The minimum absolute atomic E-state index is 0.0437. The molecule has 3 rings (SSSR count). The summed E-state index contributed by atoms with van der Waals surface area (Å²) in [6.45, 7) is 0.923. The highest BCUT2D eigenvalue weighted by molar-refractivity contribution is 6.30. The lowest BCUT2D eigenvalue weighted by Gasteiger charge is -2.47. The number of carbonyl (C=O) groups is 1. The van der Waals surface area contributed by atoms with Crippen LogP contribution in [-0.4, -0.2) is 34.6 Å². The predicted octanol–water partition coefficient (Wildman–Crippen LogP) is 1.94. The summed E-state index contributed by atoms with van der Waals surface area (Å²) in [7, 11) is 0. The van der Waals surface area contributed by atoms with Crippen molar-refractivity contribution in [3.05, 3.63) is 34.9 Å². The van der Waals surface area contributed by atoms with Crippen molar-refractivity contribution in [1.82, 2.24) is 4.90 Å². The molecule has 0 spiro atoms. The highest BCUT2D eigenvalue weighted by Gasteiger charge is 2.53. The van der Waals surface area contributed by atoms with E-state index in [0.29, 0.717) is 29.6 Å². The fraction of sp³-hybridized carbons (Fsp3) is 0.462. The normalized spacial score (nSPS) is 22.1. The zero-order valence-corrected chi connectivity index (χ0v) is 10.2. The number of amides is 1. The van der Waals surface area contributed by atoms with Gasteiger partial charge in [-0.15, -0.1) is 0 Å². The number of rotatable bonds is 2. The van der Waals surface area contributed by atoms with Crippen molar-refractivity contribution in [3.63, 3.8) is 0 Å². The van der Waals surface area contributed by atoms with Gasteiger partial charge in [-0.3, -0.25) is 4.79 Å². The molecule has 0 bridgehead atoms. The van der Waals surface area contributed by atoms with Gasteiger partial charge in [0.1, 0.15) is 5.60 Å². The monoisotopic (exact) mass is 251 g/mol. The smallest absolute Gasteiger partial charge is 0.254 e. The summed E-state index contributed by atoms with van der Waals surface area (Å²) < 4.78 is 0. The van der Waals surface area contributed by atoms with Gasteiger partial charge in [-0.2, -0.15) is 0 Å². The van der Waals surface area contributed by atoms with E-state index in [1.165, 1.54) is 0 Å². The van der Waals surface area contributed by atoms with Crippen LogP contribution in [0.4, 0.5) is 0 Å². The molecule has 1 N–H and O–H groups in total. The van der Waals surface area contributed by atoms with Crippen molar-refractivity contribution in [2.45, 2.75) is 18.4 Å². The second-order valence-electron chi connectivity index (χ2n) is 5.05. The number of halogens is 1. The lowest BCUT2D eigenvalue weighted by atomic mass is 9.88. The van der Waals surface area contributed by atoms with E-state index >= 15 is 0 Å². The number of carbonyl (C=O) groups excluding carboxylic acids is 1. The van der Waals surface area contributed by atoms with Gasteiger partial charge >= 0.3 is 0 Å². The third kappa shape index (κ3) is 1.94. The molecular weight excluding hydrogens is 238 g/mol. The fourth-order valence-corrected chi connectivity index (χ4v) is 2.63. The maximum Gasteiger partial charge on any atom is 0.254 e. The van der Waals surface area contributed by atoms with Crippen molar-refractivity contribution in [1.29, 1.82) is 0 Å². The topological polar surface area (TPSA) is 40.5 Å². The molecule has 1 saturated heterocycles. The molecule has 1 aliphatic carbocycles. The van der Waals surface area contributed by atoms with E-state index in [1.54, 1.807) is 29.2 Å². The number of benzene rings is 1. The quantitative estimate of drug-likeness (QED) is 0.873. The second kappa shape index (κ2) is 3.72. The number of nitrogens with zero attached hydrogens (tertiary/aromatic N) is 1. The number of aliphatic hydroxyl groups is 1. The van der Waals surface area contributed by atoms with Crippen LogP contribution in [0.15, 0.2) is 24.3 Å². The first-order valence-corrected chi connectivity index (χ1v) is 6.23. The molecule has 4 heteroatoms. The van der Waals surface area contributed by atoms with Crippen LogP contribution in [0.3, 0.4) is 0 Å². The number of likely N-dealkylation sites (tertiary alicyclic amines) is 1. The Balaban J connectivity index is 1.69. The molecule has 1 amide bonds. The molecule has 2 fully saturated rings. The Morgan fingerprint density at radius 3 is 2.71 bits per heavy atom. The van der Waals surface area contributed by atoms with Crippen molar-refractivity contribution in [2.75, 3.05) is 13.1 Å². The molecule has 0 unspecified atom stereocenters. The zero-order valence-electron chi connectivity index (χ0n) is 9.40. The zero-order chi connectivity index (χ0) is 12.0. The Hall–Kier alpha value is -1.06. The largest absolute Gasteiger partial charge is 0.386 e. The van der Waals surface area contributed by atoms with Gasteiger partial charge in [-0.1, -0.05) is 17.7 Å². The summed E-state index contributed by atoms with van der Waals surface area (Å²) >= 11 is 5.85. The number of β-amino-alcohol motifs (C(OH)–C–C–N with tert-alkyl or cyclic N) is 1. The van der Waals surface area contributed by atoms with E-state index in [9.17, 15) is 9.90 Å². The second-order valence-corrected chi connectivity index (χ2v) is 5.49. The Morgan fingerprint density at radius 2 is 2.12 bits per heavy atom. The van der Waals surface area contributed by atoms with Crippen LogP contribution in [-0.2, 0) is 0 Å². The molecule has 0 atom stereocenters. The molecule has 1 aliphatic heterocycles. The van der Waals surface area contributed by atoms with E-state index in [1.807, 2.05) is 0 Å². The van der Waals surface area contributed by atoms with Gasteiger partial charge in [0.2, 0.25) is 0 Å². The Bertz CT molecular complexity index is 464. The maximum absolute atomic E-state index is 12.1. The standard InChI is InChI=1S/C13H14ClNO2/c14-11-3-1-2-9(6-11)12(16)15-7-13(17,8-15)10-4-5-10/h1-3,6,10,17H,4-5,7-8H2. The van der Waals surface area contributed by atoms with Crippen LogP contribution in [0.5, 0.6) is 0 Å². The molecule has 2 aliphatic rings. The molecule has 1 heterocycles. The van der Waals surface area contributed by atoms with Crippen molar-refractivity contribution in [2.24, 2.45) is 5.92 Å². The first-order valence-electron chi connectivity index (χ1n) is 5.86. The van der Waals surface area contributed by atoms with Crippen LogP contribution < -0.4 is 0 Å². The maximum atomic E-state index is 12.1. The van der Waals surface area contributed by atoms with Crippen LogP contribution in [0.1, 0.15) is 23.2 Å². The third-order valence-electron chi connectivity index (χ3n) is 3.63. The van der Waals surface area contributed by atoms with E-state index in [2.05, 4.69) is 0 Å². The predicted molar refractivity (Wildman–Crippen MR) is 65.0 cm³/mol. The van der Waals surface area contributed by atoms with E-state index in [-0.39, 0.29) is 5.91 Å². The average molecular weight is 252 g/mol. The highest BCUT2D eigenvalue weighted by Crippen LogP contribution is 2.44. The minimum Gasteiger partial charge on any atom is -0.386 e. The molecule has 0 aromatic heterocycles. The van der Waals surface area contributed by atoms with Crippen LogP contribution in [0, 0.1) is 5.92 Å². The van der Waals surface area contributed by atoms with Gasteiger partial charge in [-0.25, -0.2) is 0 Å². The van der Waals surface area contributed by atoms with Crippen LogP contribution >= 0.6 is 11.6 Å². The average Bonchev–Trinajstić information content (AvgIpc) is 3.08. The van der Waals surface area contributed by atoms with Crippen molar-refractivity contribution >= 4 is 17.5 Å². The van der Waals surface area contributed by atoms with Gasteiger partial charge < -0.3 is 10.0 Å². The first kappa shape index (κ1) is 11.1. The highest BCUT2D eigenvalue weighted by atomic mass is 35.5. The Morgan fingerprint density at radius 1 is 1.41 bits per heavy atom. The molecule has 17 heavy (non-hydrogen) atoms. The molecule has 1 aromatic rings. The van der Waals surface area contributed by atoms with Gasteiger partial charge in [0, 0.05) is 10.6 Å². The fourth-order valence-electron chi connectivity index (χ4n) is 2.44. The van der Waals surface area contributed by atoms with Gasteiger partial charge in [0.05, 0.1) is 13.1 Å². The molecule has 0 radical (unpaired) electrons. The van der Waals surface area contributed by atoms with Crippen molar-refractivity contribution < 1.29 is 9.90 Å². The van der Waals surface area contributed by atoms with E-state index in [4.69, 9.17) is 11.6 Å². The molecule has 1 aromatic carbocycles. The first-order chi connectivity index (χ1) is 8.08. The minimum atomic E-state index is -0.617. The lowest BCUT2D eigenvalue weighted by Crippen LogP contribution is -2.64. The van der Waals surface area contributed by atoms with E-state index in [0.717, 1.165) is 12.8 Å². The van der Waals surface area contributed by atoms with Gasteiger partial charge in [0.15, 0.2) is 0 Å². The van der Waals surface area contributed by atoms with Gasteiger partial charge in [-0.05, 0) is 37.0 Å². The number of hydrogen-bond donors (Lipinski definition) is 1. The SMILES string of the molecule is O=C(c1cccc(Cl)c1)N1CC(O)(C2CC2)C1. The lowest BCUT2D eigenvalue weighted by molar-refractivity contribution is -0.0958. The van der Waals surface area contributed by atoms with Crippen LogP contribution in [0.25, 0.3) is 0 Å². The summed E-state index contributed by atoms with van der Waals surface area (Å²) in [6.07, 6.45) is 2.19. The summed E-state index contributed by atoms with van der Waals surface area (Å²) in [5.74, 6) is 0.365. The van der Waals surface area contributed by atoms with E-state index < -0.39 is 5.60 Å². The molecule has 90 valence electrons. The van der Waals surface area contributed by atoms with Gasteiger partial charge in [0.25, 0.3) is 5.91 Å². The molecule has 3 nitrogen and oxygen atoms in total. The third-order valence-corrected chi connectivity index (χ3v) is 3.86. The summed E-state index contributed by atoms with van der Waals surface area (Å²) in [5.41, 5.74) is -0.0239. The molecular formula is C13H14ClNO2.